The molecule has 0 unspecified atom stereocenters. The molecule has 0 aliphatic carbocycles. The molecule has 1 aliphatic rings. The van der Waals surface area contributed by atoms with Crippen molar-refractivity contribution in [3.63, 3.8) is 0 Å². The minimum atomic E-state index is -0.283. The smallest absolute Gasteiger partial charge is 0.253 e. The van der Waals surface area contributed by atoms with Gasteiger partial charge in [-0.1, -0.05) is 47.7 Å². The van der Waals surface area contributed by atoms with Gasteiger partial charge in [0.2, 0.25) is 0 Å². The molecule has 1 N–H and O–H groups in total. The van der Waals surface area contributed by atoms with Crippen molar-refractivity contribution in [2.24, 2.45) is 12.1 Å². The van der Waals surface area contributed by atoms with Gasteiger partial charge in [0.15, 0.2) is 22.5 Å². The summed E-state index contributed by atoms with van der Waals surface area (Å²) in [5.41, 5.74) is 3.56. The van der Waals surface area contributed by atoms with Crippen LogP contribution in [-0.2, 0) is 18.4 Å². The van der Waals surface area contributed by atoms with Gasteiger partial charge in [-0.25, -0.2) is 5.01 Å². The zero-order valence-corrected chi connectivity index (χ0v) is 24.8. The van der Waals surface area contributed by atoms with E-state index in [-0.39, 0.29) is 30.2 Å². The number of thioether (sulfide) groups is 1. The van der Waals surface area contributed by atoms with Crippen molar-refractivity contribution in [1.29, 1.82) is 0 Å². The maximum Gasteiger partial charge on any atom is 0.253 e. The minimum absolute atomic E-state index is 0.113. The topological polar surface area (TPSA) is 111 Å². The van der Waals surface area contributed by atoms with Crippen LogP contribution in [0, 0.1) is 6.92 Å². The van der Waals surface area contributed by atoms with Crippen LogP contribution in [0.5, 0.6) is 11.5 Å². The third-order valence-corrected chi connectivity index (χ3v) is 8.66. The molecule has 1 aliphatic heterocycles. The number of aromatic nitrogens is 3. The number of carbonyl (C=O) groups excluding carboxylic acids is 2. The Bertz CT molecular complexity index is 1570. The zero-order chi connectivity index (χ0) is 28.9. The average Bonchev–Trinajstić information content (AvgIpc) is 3.75. The molecule has 212 valence electrons. The maximum absolute atomic E-state index is 13.4. The molecule has 1 atom stereocenters. The second kappa shape index (κ2) is 12.6. The Kier molecular flexibility index (Phi) is 8.70. The van der Waals surface area contributed by atoms with Gasteiger partial charge in [-0.15, -0.1) is 21.5 Å². The standard InChI is InChI=1S/C29H30N6O4S2/c1-18-7-9-19(10-8-18)22-15-21(25-6-5-13-40-25)33-35(22)27(36)17-41-29-32-31-26(34(29)2)16-30-28(37)20-11-12-23(38-3)24(14-20)39-4/h5-14,22H,15-17H2,1-4H3,(H,30,37)/t22-/m0/s1. The maximum atomic E-state index is 13.4. The largest absolute Gasteiger partial charge is 0.493 e. The first-order valence-electron chi connectivity index (χ1n) is 12.9. The third-order valence-electron chi connectivity index (χ3n) is 6.74. The molecule has 0 saturated carbocycles. The molecule has 0 bridgehead atoms. The van der Waals surface area contributed by atoms with Crippen molar-refractivity contribution in [2.45, 2.75) is 31.1 Å². The molecular formula is C29H30N6O4S2. The van der Waals surface area contributed by atoms with Gasteiger partial charge in [-0.3, -0.25) is 9.59 Å². The molecular weight excluding hydrogens is 560 g/mol. The molecule has 0 fully saturated rings. The van der Waals surface area contributed by atoms with Crippen LogP contribution in [0.25, 0.3) is 0 Å². The summed E-state index contributed by atoms with van der Waals surface area (Å²) >= 11 is 2.91. The molecule has 41 heavy (non-hydrogen) atoms. The molecule has 10 nitrogen and oxygen atoms in total. The van der Waals surface area contributed by atoms with Crippen LogP contribution in [-0.4, -0.2) is 57.3 Å². The number of aryl methyl sites for hydroxylation is 1. The highest BCUT2D eigenvalue weighted by molar-refractivity contribution is 7.99. The Labute approximate surface area is 246 Å². The van der Waals surface area contributed by atoms with Gasteiger partial charge in [0.1, 0.15) is 0 Å². The number of methoxy groups -OCH3 is 2. The summed E-state index contributed by atoms with van der Waals surface area (Å²) < 4.78 is 12.3. The van der Waals surface area contributed by atoms with E-state index in [1.165, 1.54) is 26.0 Å². The lowest BCUT2D eigenvalue weighted by Gasteiger charge is -2.22. The van der Waals surface area contributed by atoms with Crippen molar-refractivity contribution in [2.75, 3.05) is 20.0 Å². The van der Waals surface area contributed by atoms with Crippen molar-refractivity contribution in [3.8, 4) is 11.5 Å². The Balaban J connectivity index is 1.23. The predicted molar refractivity (Wildman–Crippen MR) is 159 cm³/mol. The van der Waals surface area contributed by atoms with E-state index in [4.69, 9.17) is 14.6 Å². The van der Waals surface area contributed by atoms with E-state index in [1.54, 1.807) is 39.1 Å². The molecule has 3 heterocycles. The number of nitrogens with zero attached hydrogens (tertiary/aromatic N) is 5. The van der Waals surface area contributed by atoms with Crippen molar-refractivity contribution >= 4 is 40.6 Å². The molecule has 0 spiro atoms. The summed E-state index contributed by atoms with van der Waals surface area (Å²) in [4.78, 5) is 27.2. The number of ether oxygens (including phenoxy) is 2. The first-order chi connectivity index (χ1) is 19.9. The number of carbonyl (C=O) groups is 2. The second-order valence-electron chi connectivity index (χ2n) is 9.39. The molecule has 2 amide bonds. The van der Waals surface area contributed by atoms with E-state index in [2.05, 4.69) is 39.8 Å². The van der Waals surface area contributed by atoms with Crippen LogP contribution in [0.1, 0.15) is 44.6 Å². The lowest BCUT2D eigenvalue weighted by molar-refractivity contribution is -0.130. The lowest BCUT2D eigenvalue weighted by atomic mass is 10.00. The SMILES string of the molecule is COc1ccc(C(=O)NCc2nnc(SCC(=O)N3N=C(c4cccs4)C[C@H]3c3ccc(C)cc3)n2C)cc1OC. The van der Waals surface area contributed by atoms with E-state index in [1.807, 2.05) is 31.5 Å². The fourth-order valence-electron chi connectivity index (χ4n) is 4.44. The van der Waals surface area contributed by atoms with Gasteiger partial charge >= 0.3 is 0 Å². The highest BCUT2D eigenvalue weighted by Crippen LogP contribution is 2.35. The molecule has 0 radical (unpaired) electrons. The second-order valence-corrected chi connectivity index (χ2v) is 11.3. The zero-order valence-electron chi connectivity index (χ0n) is 23.2. The van der Waals surface area contributed by atoms with Gasteiger partial charge in [0.05, 0.1) is 43.1 Å². The molecule has 5 rings (SSSR count). The summed E-state index contributed by atoms with van der Waals surface area (Å²) in [6.45, 7) is 2.21. The summed E-state index contributed by atoms with van der Waals surface area (Å²) in [6, 6.07) is 17.1. The minimum Gasteiger partial charge on any atom is -0.493 e. The summed E-state index contributed by atoms with van der Waals surface area (Å²) in [7, 11) is 4.87. The summed E-state index contributed by atoms with van der Waals surface area (Å²) in [6.07, 6.45) is 0.661. The van der Waals surface area contributed by atoms with E-state index >= 15 is 0 Å². The molecule has 12 heteroatoms. The first-order valence-corrected chi connectivity index (χ1v) is 14.8. The van der Waals surface area contributed by atoms with Crippen LogP contribution in [0.4, 0.5) is 0 Å². The van der Waals surface area contributed by atoms with Gasteiger partial charge in [0, 0.05) is 19.0 Å². The molecule has 2 aromatic heterocycles. The number of benzene rings is 2. The third kappa shape index (κ3) is 6.28. The van der Waals surface area contributed by atoms with Gasteiger partial charge in [-0.2, -0.15) is 5.10 Å². The molecule has 0 saturated heterocycles. The number of rotatable bonds is 10. The van der Waals surface area contributed by atoms with Crippen LogP contribution < -0.4 is 14.8 Å². The Morgan fingerprint density at radius 3 is 2.56 bits per heavy atom. The van der Waals surface area contributed by atoms with Crippen LogP contribution >= 0.6 is 23.1 Å². The highest BCUT2D eigenvalue weighted by Gasteiger charge is 2.33. The van der Waals surface area contributed by atoms with Crippen LogP contribution in [0.3, 0.4) is 0 Å². The normalized spacial score (nSPS) is 14.6. The van der Waals surface area contributed by atoms with Gasteiger partial charge < -0.3 is 19.4 Å². The highest BCUT2D eigenvalue weighted by atomic mass is 32.2. The Hall–Kier alpha value is -4.16. The fraction of sp³-hybridized carbons (Fsp3) is 0.276. The van der Waals surface area contributed by atoms with Gasteiger partial charge in [0.25, 0.3) is 11.8 Å². The van der Waals surface area contributed by atoms with Crippen LogP contribution in [0.15, 0.2) is 70.2 Å². The van der Waals surface area contributed by atoms with Crippen LogP contribution in [0.2, 0.25) is 0 Å². The monoisotopic (exact) mass is 590 g/mol. The van der Waals surface area contributed by atoms with Crippen molar-refractivity contribution in [1.82, 2.24) is 25.1 Å². The quantitative estimate of drug-likeness (QED) is 0.269. The number of hydrogen-bond donors (Lipinski definition) is 1. The lowest BCUT2D eigenvalue weighted by Crippen LogP contribution is -2.28. The molecule has 2 aromatic carbocycles. The van der Waals surface area contributed by atoms with Gasteiger partial charge in [-0.05, 0) is 42.1 Å². The number of thiophene rings is 1. The predicted octanol–water partition coefficient (Wildman–Crippen LogP) is 4.60. The average molecular weight is 591 g/mol. The first kappa shape index (κ1) is 28.4. The summed E-state index contributed by atoms with van der Waals surface area (Å²) in [5.74, 6) is 1.32. The Morgan fingerprint density at radius 1 is 1.07 bits per heavy atom. The number of hydrazone groups is 1. The Morgan fingerprint density at radius 2 is 1.85 bits per heavy atom. The summed E-state index contributed by atoms with van der Waals surface area (Å²) in [5, 5.41) is 20.2. The van der Waals surface area contributed by atoms with E-state index in [9.17, 15) is 9.59 Å². The number of nitrogens with one attached hydrogen (secondary N) is 1. The number of amides is 2. The molecule has 4 aromatic rings. The van der Waals surface area contributed by atoms with E-state index in [0.717, 1.165) is 21.7 Å². The fourth-order valence-corrected chi connectivity index (χ4v) is 5.94. The van der Waals surface area contributed by atoms with Crippen molar-refractivity contribution < 1.29 is 19.1 Å². The van der Waals surface area contributed by atoms with E-state index < -0.39 is 0 Å². The number of hydrogen-bond acceptors (Lipinski definition) is 9. The van der Waals surface area contributed by atoms with E-state index in [0.29, 0.717) is 34.5 Å². The van der Waals surface area contributed by atoms with Crippen molar-refractivity contribution in [3.05, 3.63) is 87.4 Å².